The summed E-state index contributed by atoms with van der Waals surface area (Å²) in [6, 6.07) is 0. The van der Waals surface area contributed by atoms with Gasteiger partial charge in [-0.3, -0.25) is 4.79 Å². The van der Waals surface area contributed by atoms with Crippen molar-refractivity contribution < 1.29 is 14.3 Å². The first kappa shape index (κ1) is 14.9. The van der Waals surface area contributed by atoms with Gasteiger partial charge in [0.2, 0.25) is 5.91 Å². The van der Waals surface area contributed by atoms with Crippen LogP contribution in [0, 0.1) is 23.2 Å². The quantitative estimate of drug-likeness (QED) is 0.787. The van der Waals surface area contributed by atoms with Crippen LogP contribution in [0.2, 0.25) is 0 Å². The third-order valence-corrected chi connectivity index (χ3v) is 6.20. The van der Waals surface area contributed by atoms with E-state index in [2.05, 4.69) is 18.7 Å². The minimum absolute atomic E-state index is 0.113. The van der Waals surface area contributed by atoms with Crippen LogP contribution in [0.5, 0.6) is 0 Å². The van der Waals surface area contributed by atoms with E-state index in [4.69, 9.17) is 9.47 Å². The molecular formula is C18H29NO3. The number of carbonyl (C=O) groups excluding carboxylic acids is 1. The Morgan fingerprint density at radius 2 is 1.73 bits per heavy atom. The number of nitrogens with zero attached hydrogens (tertiary/aromatic N) is 1. The predicted molar refractivity (Wildman–Crippen MR) is 83.2 cm³/mol. The first-order valence-corrected chi connectivity index (χ1v) is 9.05. The van der Waals surface area contributed by atoms with Crippen molar-refractivity contribution in [1.29, 1.82) is 0 Å². The first-order valence-electron chi connectivity index (χ1n) is 9.05. The van der Waals surface area contributed by atoms with Gasteiger partial charge in [0.15, 0.2) is 5.79 Å². The Hall–Kier alpha value is -0.610. The molecule has 0 aromatic heterocycles. The molecule has 124 valence electrons. The van der Waals surface area contributed by atoms with Crippen molar-refractivity contribution in [3.8, 4) is 0 Å². The summed E-state index contributed by atoms with van der Waals surface area (Å²) in [6.07, 6.45) is 6.89. The molecule has 0 unspecified atom stereocenters. The van der Waals surface area contributed by atoms with Gasteiger partial charge in [-0.2, -0.15) is 0 Å². The summed E-state index contributed by atoms with van der Waals surface area (Å²) < 4.78 is 12.1. The molecule has 0 aromatic rings. The standard InChI is InChI=1S/C18H29NO3/c1-17(2)11-21-18(22-12-17)6-8-19(9-7-18)16(20)15-10-14(15)13-4-3-5-13/h13-15H,3-12H2,1-2H3/t14-,15-/m1/s1. The fourth-order valence-electron chi connectivity index (χ4n) is 4.22. The Bertz CT molecular complexity index is 437. The summed E-state index contributed by atoms with van der Waals surface area (Å²) in [5.41, 5.74) is 0.113. The van der Waals surface area contributed by atoms with Crippen LogP contribution in [0.1, 0.15) is 52.4 Å². The molecule has 2 saturated heterocycles. The SMILES string of the molecule is CC1(C)COC2(CCN(C(=O)[C@@H]3C[C@@H]3C3CCC3)CC2)OC1. The molecule has 4 rings (SSSR count). The third-order valence-electron chi connectivity index (χ3n) is 6.20. The lowest BCUT2D eigenvalue weighted by Gasteiger charge is -2.47. The Kier molecular flexibility index (Phi) is 3.53. The van der Waals surface area contributed by atoms with Crippen molar-refractivity contribution in [3.05, 3.63) is 0 Å². The Morgan fingerprint density at radius 1 is 1.09 bits per heavy atom. The van der Waals surface area contributed by atoms with Crippen molar-refractivity contribution >= 4 is 5.91 Å². The molecule has 2 aliphatic heterocycles. The first-order chi connectivity index (χ1) is 10.5. The molecule has 2 atom stereocenters. The van der Waals surface area contributed by atoms with Crippen molar-refractivity contribution in [2.24, 2.45) is 23.2 Å². The predicted octanol–water partition coefficient (Wildman–Crippen LogP) is 2.81. The van der Waals surface area contributed by atoms with Crippen LogP contribution in [-0.2, 0) is 14.3 Å². The molecule has 4 fully saturated rings. The summed E-state index contributed by atoms with van der Waals surface area (Å²) in [4.78, 5) is 14.7. The van der Waals surface area contributed by atoms with Crippen LogP contribution < -0.4 is 0 Å². The topological polar surface area (TPSA) is 38.8 Å². The van der Waals surface area contributed by atoms with Gasteiger partial charge in [0.1, 0.15) is 0 Å². The van der Waals surface area contributed by atoms with Crippen molar-refractivity contribution in [1.82, 2.24) is 4.90 Å². The third kappa shape index (κ3) is 2.69. The van der Waals surface area contributed by atoms with E-state index in [0.717, 1.165) is 51.5 Å². The van der Waals surface area contributed by atoms with E-state index < -0.39 is 5.79 Å². The van der Waals surface area contributed by atoms with E-state index >= 15 is 0 Å². The molecule has 0 N–H and O–H groups in total. The van der Waals surface area contributed by atoms with E-state index in [1.165, 1.54) is 19.3 Å². The zero-order valence-corrected chi connectivity index (χ0v) is 14.0. The van der Waals surface area contributed by atoms with Gasteiger partial charge in [0.05, 0.1) is 13.2 Å². The van der Waals surface area contributed by atoms with Crippen LogP contribution in [0.15, 0.2) is 0 Å². The van der Waals surface area contributed by atoms with Gasteiger partial charge in [-0.15, -0.1) is 0 Å². The van der Waals surface area contributed by atoms with Gasteiger partial charge >= 0.3 is 0 Å². The molecule has 4 aliphatic rings. The largest absolute Gasteiger partial charge is 0.349 e. The van der Waals surface area contributed by atoms with Gasteiger partial charge in [-0.05, 0) is 18.3 Å². The number of hydrogen-bond donors (Lipinski definition) is 0. The lowest BCUT2D eigenvalue weighted by atomic mass is 9.81. The number of carbonyl (C=O) groups is 1. The maximum atomic E-state index is 12.6. The van der Waals surface area contributed by atoms with Gasteiger partial charge in [-0.1, -0.05) is 33.1 Å². The fourth-order valence-corrected chi connectivity index (χ4v) is 4.22. The van der Waals surface area contributed by atoms with Crippen molar-refractivity contribution in [2.45, 2.75) is 58.2 Å². The Labute approximate surface area is 133 Å². The lowest BCUT2D eigenvalue weighted by Crippen LogP contribution is -2.54. The molecule has 1 spiro atoms. The average molecular weight is 307 g/mol. The number of likely N-dealkylation sites (tertiary alicyclic amines) is 1. The minimum Gasteiger partial charge on any atom is -0.349 e. The molecule has 4 nitrogen and oxygen atoms in total. The molecule has 0 radical (unpaired) electrons. The zero-order valence-electron chi connectivity index (χ0n) is 14.0. The molecule has 2 heterocycles. The Balaban J connectivity index is 1.28. The maximum absolute atomic E-state index is 12.6. The number of piperidine rings is 1. The monoisotopic (exact) mass is 307 g/mol. The highest BCUT2D eigenvalue weighted by Gasteiger charge is 2.51. The molecule has 0 aromatic carbocycles. The number of hydrogen-bond acceptors (Lipinski definition) is 3. The van der Waals surface area contributed by atoms with Crippen LogP contribution >= 0.6 is 0 Å². The van der Waals surface area contributed by atoms with Crippen LogP contribution in [0.25, 0.3) is 0 Å². The summed E-state index contributed by atoms with van der Waals surface area (Å²) in [6.45, 7) is 7.46. The second kappa shape index (κ2) is 5.20. The molecular weight excluding hydrogens is 278 g/mol. The van der Waals surface area contributed by atoms with E-state index in [-0.39, 0.29) is 5.41 Å². The number of rotatable bonds is 2. The average Bonchev–Trinajstić information content (AvgIpc) is 3.21. The van der Waals surface area contributed by atoms with Crippen molar-refractivity contribution in [2.75, 3.05) is 26.3 Å². The van der Waals surface area contributed by atoms with Gasteiger partial charge in [-0.25, -0.2) is 0 Å². The molecule has 4 heteroatoms. The van der Waals surface area contributed by atoms with E-state index in [1.807, 2.05) is 0 Å². The molecule has 2 saturated carbocycles. The smallest absolute Gasteiger partial charge is 0.225 e. The second-order valence-electron chi connectivity index (χ2n) is 8.67. The highest BCUT2D eigenvalue weighted by atomic mass is 16.7. The number of amides is 1. The fraction of sp³-hybridized carbons (Fsp3) is 0.944. The molecule has 2 aliphatic carbocycles. The maximum Gasteiger partial charge on any atom is 0.225 e. The normalized spacial score (nSPS) is 36.9. The molecule has 22 heavy (non-hydrogen) atoms. The minimum atomic E-state index is -0.413. The van der Waals surface area contributed by atoms with Crippen molar-refractivity contribution in [3.63, 3.8) is 0 Å². The van der Waals surface area contributed by atoms with Crippen LogP contribution in [0.4, 0.5) is 0 Å². The number of ether oxygens (including phenoxy) is 2. The van der Waals surface area contributed by atoms with Crippen LogP contribution in [0.3, 0.4) is 0 Å². The van der Waals surface area contributed by atoms with Gasteiger partial charge in [0, 0.05) is 37.3 Å². The van der Waals surface area contributed by atoms with E-state index in [9.17, 15) is 4.79 Å². The van der Waals surface area contributed by atoms with Gasteiger partial charge in [0.25, 0.3) is 0 Å². The lowest BCUT2D eigenvalue weighted by molar-refractivity contribution is -0.312. The molecule has 0 bridgehead atoms. The second-order valence-corrected chi connectivity index (χ2v) is 8.67. The van der Waals surface area contributed by atoms with E-state index in [1.54, 1.807) is 0 Å². The highest BCUT2D eigenvalue weighted by Crippen LogP contribution is 2.52. The summed E-state index contributed by atoms with van der Waals surface area (Å²) in [5.74, 6) is 1.90. The van der Waals surface area contributed by atoms with Gasteiger partial charge < -0.3 is 14.4 Å². The summed E-state index contributed by atoms with van der Waals surface area (Å²) in [7, 11) is 0. The highest BCUT2D eigenvalue weighted by molar-refractivity contribution is 5.81. The zero-order chi connectivity index (χ0) is 15.4. The molecule has 1 amide bonds. The Morgan fingerprint density at radius 3 is 2.27 bits per heavy atom. The van der Waals surface area contributed by atoms with Crippen LogP contribution in [-0.4, -0.2) is 42.9 Å². The van der Waals surface area contributed by atoms with E-state index in [0.29, 0.717) is 17.7 Å². The summed E-state index contributed by atoms with van der Waals surface area (Å²) in [5, 5.41) is 0. The summed E-state index contributed by atoms with van der Waals surface area (Å²) >= 11 is 0.